The Morgan fingerprint density at radius 3 is 2.81 bits per heavy atom. The molecule has 3 heteroatoms. The fourth-order valence-corrected chi connectivity index (χ4v) is 1.81. The number of nitrogens with zero attached hydrogens (tertiary/aromatic N) is 3. The van der Waals surface area contributed by atoms with Gasteiger partial charge in [-0.05, 0) is 25.1 Å². The zero-order chi connectivity index (χ0) is 11.0. The summed E-state index contributed by atoms with van der Waals surface area (Å²) in [7, 11) is 0. The molecule has 0 fully saturated rings. The minimum absolute atomic E-state index is 0.723. The standard InChI is InChI=1S/C13H11N3/c1-10-6-8-14-13(15-10)16-9-7-11-4-2-3-5-12(11)16/h2-9H,1H3. The van der Waals surface area contributed by atoms with Crippen molar-refractivity contribution in [2.45, 2.75) is 6.92 Å². The summed E-state index contributed by atoms with van der Waals surface area (Å²) in [5.41, 5.74) is 2.11. The predicted octanol–water partition coefficient (Wildman–Crippen LogP) is 2.73. The van der Waals surface area contributed by atoms with E-state index in [0.29, 0.717) is 0 Å². The number of para-hydroxylation sites is 1. The molecule has 0 aliphatic carbocycles. The second-order valence-electron chi connectivity index (χ2n) is 3.74. The van der Waals surface area contributed by atoms with E-state index in [4.69, 9.17) is 0 Å². The van der Waals surface area contributed by atoms with Gasteiger partial charge in [0.15, 0.2) is 0 Å². The van der Waals surface area contributed by atoms with Gasteiger partial charge in [0.1, 0.15) is 0 Å². The molecule has 0 bridgehead atoms. The van der Waals surface area contributed by atoms with Crippen molar-refractivity contribution in [3.05, 3.63) is 54.5 Å². The monoisotopic (exact) mass is 209 g/mol. The summed E-state index contributed by atoms with van der Waals surface area (Å²) in [4.78, 5) is 8.70. The minimum Gasteiger partial charge on any atom is -0.285 e. The van der Waals surface area contributed by atoms with Gasteiger partial charge in [-0.25, -0.2) is 9.97 Å². The molecule has 16 heavy (non-hydrogen) atoms. The third-order valence-electron chi connectivity index (χ3n) is 2.60. The fraction of sp³-hybridized carbons (Fsp3) is 0.0769. The lowest BCUT2D eigenvalue weighted by atomic mass is 10.2. The molecule has 3 rings (SSSR count). The number of aryl methyl sites for hydroxylation is 1. The summed E-state index contributed by atoms with van der Waals surface area (Å²) < 4.78 is 2.00. The molecule has 0 unspecified atom stereocenters. The third-order valence-corrected chi connectivity index (χ3v) is 2.60. The molecule has 3 nitrogen and oxygen atoms in total. The van der Waals surface area contributed by atoms with Gasteiger partial charge >= 0.3 is 0 Å². The molecule has 3 aromatic rings. The number of hydrogen-bond donors (Lipinski definition) is 0. The zero-order valence-corrected chi connectivity index (χ0v) is 8.96. The van der Waals surface area contributed by atoms with Gasteiger partial charge in [0.05, 0.1) is 5.52 Å². The molecule has 1 aromatic carbocycles. The van der Waals surface area contributed by atoms with Gasteiger partial charge in [-0.3, -0.25) is 4.57 Å². The predicted molar refractivity (Wildman–Crippen MR) is 63.6 cm³/mol. The van der Waals surface area contributed by atoms with E-state index in [2.05, 4.69) is 28.2 Å². The maximum Gasteiger partial charge on any atom is 0.234 e. The molecule has 0 amide bonds. The van der Waals surface area contributed by atoms with E-state index in [1.54, 1.807) is 6.20 Å². The molecule has 0 N–H and O–H groups in total. The first-order valence-electron chi connectivity index (χ1n) is 5.21. The highest BCUT2D eigenvalue weighted by molar-refractivity contribution is 5.81. The molecule has 0 aliphatic heterocycles. The maximum atomic E-state index is 4.42. The van der Waals surface area contributed by atoms with Crippen LogP contribution >= 0.6 is 0 Å². The van der Waals surface area contributed by atoms with Crippen LogP contribution in [0.5, 0.6) is 0 Å². The highest BCUT2D eigenvalue weighted by atomic mass is 15.1. The van der Waals surface area contributed by atoms with Gasteiger partial charge in [-0.15, -0.1) is 0 Å². The van der Waals surface area contributed by atoms with Crippen LogP contribution in [-0.2, 0) is 0 Å². The molecule has 2 aromatic heterocycles. The van der Waals surface area contributed by atoms with E-state index in [0.717, 1.165) is 17.2 Å². The summed E-state index contributed by atoms with van der Waals surface area (Å²) in [6.07, 6.45) is 3.78. The lowest BCUT2D eigenvalue weighted by Crippen LogP contribution is -1.99. The van der Waals surface area contributed by atoms with Gasteiger partial charge in [0.2, 0.25) is 5.95 Å². The van der Waals surface area contributed by atoms with Crippen molar-refractivity contribution in [1.82, 2.24) is 14.5 Å². The van der Waals surface area contributed by atoms with Crippen molar-refractivity contribution in [3.8, 4) is 5.95 Å². The van der Waals surface area contributed by atoms with Crippen LogP contribution in [0.25, 0.3) is 16.9 Å². The van der Waals surface area contributed by atoms with Crippen molar-refractivity contribution < 1.29 is 0 Å². The van der Waals surface area contributed by atoms with E-state index >= 15 is 0 Å². The minimum atomic E-state index is 0.723. The SMILES string of the molecule is Cc1ccnc(-n2ccc3ccccc32)n1. The Bertz CT molecular complexity index is 640. The normalized spacial score (nSPS) is 10.8. The molecule has 2 heterocycles. The summed E-state index contributed by atoms with van der Waals surface area (Å²) in [5, 5.41) is 1.20. The Hall–Kier alpha value is -2.16. The quantitative estimate of drug-likeness (QED) is 0.617. The average Bonchev–Trinajstić information content (AvgIpc) is 2.72. The molecule has 0 aliphatic rings. The number of aromatic nitrogens is 3. The summed E-state index contributed by atoms with van der Waals surface area (Å²) in [6.45, 7) is 1.97. The van der Waals surface area contributed by atoms with Crippen LogP contribution in [0.3, 0.4) is 0 Å². The van der Waals surface area contributed by atoms with E-state index in [1.807, 2.05) is 35.9 Å². The smallest absolute Gasteiger partial charge is 0.234 e. The first kappa shape index (κ1) is 9.09. The van der Waals surface area contributed by atoms with E-state index < -0.39 is 0 Å². The van der Waals surface area contributed by atoms with Crippen molar-refractivity contribution in [1.29, 1.82) is 0 Å². The van der Waals surface area contributed by atoms with Crippen molar-refractivity contribution in [2.75, 3.05) is 0 Å². The number of benzene rings is 1. The topological polar surface area (TPSA) is 30.7 Å². The maximum absolute atomic E-state index is 4.42. The molecule has 0 spiro atoms. The zero-order valence-electron chi connectivity index (χ0n) is 8.96. The Morgan fingerprint density at radius 1 is 1.06 bits per heavy atom. The van der Waals surface area contributed by atoms with E-state index in [9.17, 15) is 0 Å². The van der Waals surface area contributed by atoms with Gasteiger partial charge < -0.3 is 0 Å². The number of fused-ring (bicyclic) bond motifs is 1. The lowest BCUT2D eigenvalue weighted by molar-refractivity contribution is 0.941. The second-order valence-corrected chi connectivity index (χ2v) is 3.74. The van der Waals surface area contributed by atoms with Crippen LogP contribution in [0.4, 0.5) is 0 Å². The largest absolute Gasteiger partial charge is 0.285 e. The summed E-state index contributed by atoms with van der Waals surface area (Å²) >= 11 is 0. The van der Waals surface area contributed by atoms with E-state index in [-0.39, 0.29) is 0 Å². The van der Waals surface area contributed by atoms with Crippen molar-refractivity contribution in [2.24, 2.45) is 0 Å². The van der Waals surface area contributed by atoms with Crippen LogP contribution < -0.4 is 0 Å². The fourth-order valence-electron chi connectivity index (χ4n) is 1.81. The van der Waals surface area contributed by atoms with Crippen LogP contribution in [0.1, 0.15) is 5.69 Å². The van der Waals surface area contributed by atoms with Crippen molar-refractivity contribution in [3.63, 3.8) is 0 Å². The summed E-state index contributed by atoms with van der Waals surface area (Å²) in [5.74, 6) is 0.723. The molecular weight excluding hydrogens is 198 g/mol. The Kier molecular flexibility index (Phi) is 1.96. The van der Waals surface area contributed by atoms with Gasteiger partial charge in [0, 0.05) is 23.5 Å². The highest BCUT2D eigenvalue weighted by Gasteiger charge is 2.04. The molecule has 0 saturated heterocycles. The highest BCUT2D eigenvalue weighted by Crippen LogP contribution is 2.17. The second kappa shape index (κ2) is 3.45. The van der Waals surface area contributed by atoms with Gasteiger partial charge in [-0.2, -0.15) is 0 Å². The van der Waals surface area contributed by atoms with Crippen LogP contribution in [0.15, 0.2) is 48.8 Å². The van der Waals surface area contributed by atoms with Crippen LogP contribution in [-0.4, -0.2) is 14.5 Å². The molecule has 78 valence electrons. The Labute approximate surface area is 93.4 Å². The van der Waals surface area contributed by atoms with Gasteiger partial charge in [-0.1, -0.05) is 18.2 Å². The summed E-state index contributed by atoms with van der Waals surface area (Å²) in [6, 6.07) is 12.2. The number of rotatable bonds is 1. The Morgan fingerprint density at radius 2 is 1.94 bits per heavy atom. The van der Waals surface area contributed by atoms with E-state index in [1.165, 1.54) is 5.39 Å². The first-order valence-corrected chi connectivity index (χ1v) is 5.21. The Balaban J connectivity index is 2.26. The number of hydrogen-bond acceptors (Lipinski definition) is 2. The first-order chi connectivity index (χ1) is 7.84. The van der Waals surface area contributed by atoms with Gasteiger partial charge in [0.25, 0.3) is 0 Å². The average molecular weight is 209 g/mol. The molecule has 0 atom stereocenters. The lowest BCUT2D eigenvalue weighted by Gasteiger charge is -2.03. The molecule has 0 saturated carbocycles. The third kappa shape index (κ3) is 1.37. The molecule has 0 radical (unpaired) electrons. The van der Waals surface area contributed by atoms with Crippen molar-refractivity contribution >= 4 is 10.9 Å². The van der Waals surface area contributed by atoms with Crippen LogP contribution in [0, 0.1) is 6.92 Å². The van der Waals surface area contributed by atoms with Crippen LogP contribution in [0.2, 0.25) is 0 Å². The molecular formula is C13H11N3.